The van der Waals surface area contributed by atoms with Crippen molar-refractivity contribution < 1.29 is 9.59 Å². The van der Waals surface area contributed by atoms with Crippen molar-refractivity contribution in [1.29, 1.82) is 0 Å². The van der Waals surface area contributed by atoms with Gasteiger partial charge in [-0.15, -0.1) is 0 Å². The number of aromatic nitrogens is 1. The molecule has 0 unspecified atom stereocenters. The van der Waals surface area contributed by atoms with E-state index in [0.717, 1.165) is 41.5 Å². The number of carbonyl (C=O) groups is 2. The molecule has 1 atom stereocenters. The first kappa shape index (κ1) is 23.6. The van der Waals surface area contributed by atoms with Crippen molar-refractivity contribution in [3.63, 3.8) is 0 Å². The number of thioether (sulfide) groups is 1. The fourth-order valence-electron chi connectivity index (χ4n) is 4.37. The van der Waals surface area contributed by atoms with Crippen molar-refractivity contribution in [1.82, 2.24) is 10.3 Å². The van der Waals surface area contributed by atoms with Gasteiger partial charge >= 0.3 is 0 Å². The van der Waals surface area contributed by atoms with Crippen molar-refractivity contribution in [3.8, 4) is 0 Å². The van der Waals surface area contributed by atoms with Gasteiger partial charge in [-0.1, -0.05) is 66.6 Å². The average molecular weight is 506 g/mol. The molecule has 180 valence electrons. The Labute approximate surface area is 212 Å². The highest BCUT2D eigenvalue weighted by molar-refractivity contribution is 8.16. The van der Waals surface area contributed by atoms with Crippen LogP contribution in [0.3, 0.4) is 0 Å². The maximum absolute atomic E-state index is 13.3. The summed E-state index contributed by atoms with van der Waals surface area (Å²) in [7, 11) is 0. The van der Waals surface area contributed by atoms with Crippen molar-refractivity contribution in [2.45, 2.75) is 50.3 Å². The SMILES string of the molecule is Cc1ccc2nc(NC(=O)[C@H]3SC(=Nc4ccccc4)C(C(=O)NC4CCCCC4)=C3N)sc2c1. The minimum Gasteiger partial charge on any atom is -0.400 e. The molecule has 1 aliphatic carbocycles. The molecular weight excluding hydrogens is 478 g/mol. The number of hydrogen-bond donors (Lipinski definition) is 3. The van der Waals surface area contributed by atoms with Gasteiger partial charge in [-0.3, -0.25) is 9.59 Å². The zero-order valence-corrected chi connectivity index (χ0v) is 21.0. The van der Waals surface area contributed by atoms with Crippen LogP contribution >= 0.6 is 23.1 Å². The Hall–Kier alpha value is -3.17. The van der Waals surface area contributed by atoms with E-state index < -0.39 is 5.25 Å². The first-order valence-electron chi connectivity index (χ1n) is 11.8. The summed E-state index contributed by atoms with van der Waals surface area (Å²) < 4.78 is 1.00. The molecule has 0 radical (unpaired) electrons. The Morgan fingerprint density at radius 3 is 2.63 bits per heavy atom. The van der Waals surface area contributed by atoms with E-state index in [2.05, 4.69) is 20.6 Å². The zero-order valence-electron chi connectivity index (χ0n) is 19.4. The number of nitrogens with zero attached hydrogens (tertiary/aromatic N) is 2. The van der Waals surface area contributed by atoms with E-state index in [9.17, 15) is 9.59 Å². The van der Waals surface area contributed by atoms with Crippen molar-refractivity contribution in [2.24, 2.45) is 10.7 Å². The van der Waals surface area contributed by atoms with Crippen molar-refractivity contribution in [2.75, 3.05) is 5.32 Å². The van der Waals surface area contributed by atoms with Crippen LogP contribution in [0.4, 0.5) is 10.8 Å². The first-order chi connectivity index (χ1) is 17.0. The molecule has 2 amide bonds. The number of benzene rings is 2. The predicted octanol–water partition coefficient (Wildman–Crippen LogP) is 5.05. The Balaban J connectivity index is 1.41. The monoisotopic (exact) mass is 505 g/mol. The smallest absolute Gasteiger partial charge is 0.256 e. The molecule has 1 fully saturated rings. The number of rotatable bonds is 5. The van der Waals surface area contributed by atoms with Crippen molar-refractivity contribution >= 4 is 61.0 Å². The van der Waals surface area contributed by atoms with Gasteiger partial charge < -0.3 is 16.4 Å². The average Bonchev–Trinajstić information content (AvgIpc) is 3.39. The number of nitrogens with two attached hydrogens (primary N) is 1. The number of hydrogen-bond acceptors (Lipinski definition) is 7. The topological polar surface area (TPSA) is 109 Å². The molecule has 1 aromatic heterocycles. The lowest BCUT2D eigenvalue weighted by Crippen LogP contribution is -2.38. The maximum Gasteiger partial charge on any atom is 0.256 e. The molecule has 3 aromatic rings. The van der Waals surface area contributed by atoms with Crippen LogP contribution in [0, 0.1) is 6.92 Å². The number of thiazole rings is 1. The van der Waals surface area contributed by atoms with E-state index in [1.807, 2.05) is 55.5 Å². The number of aryl methyl sites for hydroxylation is 1. The molecule has 2 aromatic carbocycles. The summed E-state index contributed by atoms with van der Waals surface area (Å²) in [4.78, 5) is 35.8. The van der Waals surface area contributed by atoms with E-state index in [1.54, 1.807) is 0 Å². The van der Waals surface area contributed by atoms with Crippen LogP contribution in [0.2, 0.25) is 0 Å². The summed E-state index contributed by atoms with van der Waals surface area (Å²) in [6, 6.07) is 15.5. The third-order valence-corrected chi connectivity index (χ3v) is 8.34. The number of anilines is 1. The Morgan fingerprint density at radius 1 is 1.09 bits per heavy atom. The van der Waals surface area contributed by atoms with Crippen LogP contribution in [-0.2, 0) is 9.59 Å². The summed E-state index contributed by atoms with van der Waals surface area (Å²) in [6.45, 7) is 2.02. The largest absolute Gasteiger partial charge is 0.400 e. The third-order valence-electron chi connectivity index (χ3n) is 6.18. The highest BCUT2D eigenvalue weighted by Crippen LogP contribution is 2.36. The fraction of sp³-hybridized carbons (Fsp3) is 0.308. The Kier molecular flexibility index (Phi) is 6.88. The molecular formula is C26H27N5O2S2. The minimum atomic E-state index is -0.765. The molecule has 4 N–H and O–H groups in total. The van der Waals surface area contributed by atoms with Gasteiger partial charge in [0.15, 0.2) is 5.13 Å². The molecule has 0 spiro atoms. The third kappa shape index (κ3) is 5.26. The van der Waals surface area contributed by atoms with Gasteiger partial charge in [0.1, 0.15) is 10.3 Å². The van der Waals surface area contributed by atoms with E-state index in [1.165, 1.54) is 29.5 Å². The zero-order chi connectivity index (χ0) is 24.4. The summed E-state index contributed by atoms with van der Waals surface area (Å²) in [5, 5.41) is 6.22. The van der Waals surface area contributed by atoms with E-state index in [-0.39, 0.29) is 23.6 Å². The molecule has 1 saturated carbocycles. The van der Waals surface area contributed by atoms with Crippen LogP contribution in [0.15, 0.2) is 64.8 Å². The lowest BCUT2D eigenvalue weighted by Gasteiger charge is -2.23. The quantitative estimate of drug-likeness (QED) is 0.450. The molecule has 9 heteroatoms. The van der Waals surface area contributed by atoms with Gasteiger partial charge in [0.25, 0.3) is 5.91 Å². The maximum atomic E-state index is 13.3. The molecule has 0 bridgehead atoms. The Morgan fingerprint density at radius 2 is 1.86 bits per heavy atom. The second-order valence-corrected chi connectivity index (χ2v) is 11.0. The minimum absolute atomic E-state index is 0.124. The van der Waals surface area contributed by atoms with Crippen molar-refractivity contribution in [3.05, 3.63) is 65.4 Å². The molecule has 2 aliphatic rings. The summed E-state index contributed by atoms with van der Waals surface area (Å²) in [5.41, 5.74) is 9.65. The second-order valence-electron chi connectivity index (χ2n) is 8.87. The predicted molar refractivity (Wildman–Crippen MR) is 144 cm³/mol. The highest BCUT2D eigenvalue weighted by atomic mass is 32.2. The van der Waals surface area contributed by atoms with E-state index in [4.69, 9.17) is 5.73 Å². The number of nitrogens with one attached hydrogen (secondary N) is 2. The molecule has 0 saturated heterocycles. The molecule has 2 heterocycles. The normalized spacial score (nSPS) is 19.9. The Bertz CT molecular complexity index is 1330. The van der Waals surface area contributed by atoms with E-state index >= 15 is 0 Å². The van der Waals surface area contributed by atoms with Gasteiger partial charge in [0.2, 0.25) is 5.91 Å². The number of fused-ring (bicyclic) bond motifs is 1. The number of carbonyl (C=O) groups excluding carboxylic acids is 2. The molecule has 7 nitrogen and oxygen atoms in total. The van der Waals surface area contributed by atoms with Crippen LogP contribution in [0.25, 0.3) is 10.2 Å². The number of aliphatic imine (C=N–C) groups is 1. The first-order valence-corrected chi connectivity index (χ1v) is 13.5. The lowest BCUT2D eigenvalue weighted by molar-refractivity contribution is -0.117. The van der Waals surface area contributed by atoms with Gasteiger partial charge in [-0.2, -0.15) is 0 Å². The summed E-state index contributed by atoms with van der Waals surface area (Å²) in [6.07, 6.45) is 5.32. The van der Waals surface area contributed by atoms with Crippen LogP contribution in [0.1, 0.15) is 37.7 Å². The fourth-order valence-corrected chi connectivity index (χ4v) is 6.46. The summed E-state index contributed by atoms with van der Waals surface area (Å²) in [5.74, 6) is -0.577. The summed E-state index contributed by atoms with van der Waals surface area (Å²) >= 11 is 2.62. The van der Waals surface area contributed by atoms with Crippen LogP contribution < -0.4 is 16.4 Å². The molecule has 5 rings (SSSR count). The second kappa shape index (κ2) is 10.2. The van der Waals surface area contributed by atoms with Gasteiger partial charge in [0.05, 0.1) is 21.5 Å². The van der Waals surface area contributed by atoms with Gasteiger partial charge in [-0.05, 0) is 49.6 Å². The number of amides is 2. The van der Waals surface area contributed by atoms with E-state index in [0.29, 0.717) is 21.4 Å². The molecule has 1 aliphatic heterocycles. The lowest BCUT2D eigenvalue weighted by atomic mass is 9.95. The standard InChI is InChI=1S/C26H27N5O2S2/c1-15-12-13-18-19(14-15)34-26(30-18)31-24(33)22-21(27)20(23(32)28-16-8-4-2-5-9-16)25(35-22)29-17-10-6-3-7-11-17/h3,6-7,10-14,16,22H,2,4-5,8-9,27H2,1H3,(H,28,32)(H,30,31,33)/t22-/m0/s1. The number of para-hydroxylation sites is 1. The molecule has 35 heavy (non-hydrogen) atoms. The van der Waals surface area contributed by atoms with Gasteiger partial charge in [0, 0.05) is 11.7 Å². The van der Waals surface area contributed by atoms with Crippen LogP contribution in [0.5, 0.6) is 0 Å². The van der Waals surface area contributed by atoms with Gasteiger partial charge in [-0.25, -0.2) is 9.98 Å². The van der Waals surface area contributed by atoms with Crippen LogP contribution in [-0.4, -0.2) is 33.1 Å². The highest BCUT2D eigenvalue weighted by Gasteiger charge is 2.39.